The molecule has 0 saturated heterocycles. The highest BCUT2D eigenvalue weighted by Crippen LogP contribution is 2.28. The Balaban J connectivity index is 1.89. The van der Waals surface area contributed by atoms with Crippen molar-refractivity contribution in [2.24, 2.45) is 21.5 Å². The Kier molecular flexibility index (Phi) is 4.64. The van der Waals surface area contributed by atoms with Gasteiger partial charge in [0, 0.05) is 17.8 Å². The van der Waals surface area contributed by atoms with Crippen LogP contribution in [0, 0.1) is 10.1 Å². The molecule has 3 rings (SSSR count). The fourth-order valence-corrected chi connectivity index (χ4v) is 2.95. The number of hydrogen-bond donors (Lipinski definition) is 2. The van der Waals surface area contributed by atoms with Crippen LogP contribution in [0.4, 0.5) is 11.4 Å². The lowest BCUT2D eigenvalue weighted by Crippen LogP contribution is -2.54. The lowest BCUT2D eigenvalue weighted by molar-refractivity contribution is -0.384. The molecule has 0 spiro atoms. The summed E-state index contributed by atoms with van der Waals surface area (Å²) in [7, 11) is 0. The molecular weight excluding hydrogens is 344 g/mol. The molecule has 0 atom stereocenters. The normalized spacial score (nSPS) is 16.1. The Morgan fingerprint density at radius 1 is 1.07 bits per heavy atom. The van der Waals surface area contributed by atoms with Crippen LogP contribution in [0.3, 0.4) is 0 Å². The zero-order valence-corrected chi connectivity index (χ0v) is 15.0. The average molecular weight is 364 g/mol. The van der Waals surface area contributed by atoms with Gasteiger partial charge in [-0.15, -0.1) is 0 Å². The van der Waals surface area contributed by atoms with E-state index in [1.165, 1.54) is 12.1 Å². The SMILES string of the molecule is CC1(C)N=C(N)N=C(N)N1c1cccc(/C=C\c2cccc([N+](=O)[O-])c2)c1. The number of nitro groups is 1. The fourth-order valence-electron chi connectivity index (χ4n) is 2.95. The molecule has 0 saturated carbocycles. The Morgan fingerprint density at radius 3 is 2.33 bits per heavy atom. The van der Waals surface area contributed by atoms with Crippen LogP contribution in [0.1, 0.15) is 25.0 Å². The van der Waals surface area contributed by atoms with Crippen molar-refractivity contribution < 1.29 is 4.92 Å². The topological polar surface area (TPSA) is 123 Å². The molecule has 0 bridgehead atoms. The molecule has 0 fully saturated rings. The van der Waals surface area contributed by atoms with Crippen molar-refractivity contribution in [1.29, 1.82) is 0 Å². The smallest absolute Gasteiger partial charge is 0.270 e. The van der Waals surface area contributed by atoms with Gasteiger partial charge in [-0.3, -0.25) is 15.0 Å². The van der Waals surface area contributed by atoms with Gasteiger partial charge in [-0.2, -0.15) is 4.99 Å². The van der Waals surface area contributed by atoms with E-state index in [0.29, 0.717) is 0 Å². The van der Waals surface area contributed by atoms with Gasteiger partial charge in [-0.25, -0.2) is 4.99 Å². The van der Waals surface area contributed by atoms with Crippen LogP contribution in [-0.2, 0) is 0 Å². The molecule has 2 aromatic rings. The average Bonchev–Trinajstić information content (AvgIpc) is 2.59. The van der Waals surface area contributed by atoms with E-state index in [-0.39, 0.29) is 17.6 Å². The van der Waals surface area contributed by atoms with E-state index >= 15 is 0 Å². The molecular formula is C19H20N6O2. The van der Waals surface area contributed by atoms with Crippen LogP contribution in [0.5, 0.6) is 0 Å². The summed E-state index contributed by atoms with van der Waals surface area (Å²) in [6, 6.07) is 14.1. The van der Waals surface area contributed by atoms with E-state index in [0.717, 1.165) is 16.8 Å². The summed E-state index contributed by atoms with van der Waals surface area (Å²) >= 11 is 0. The molecule has 0 unspecified atom stereocenters. The maximum absolute atomic E-state index is 10.9. The highest BCUT2D eigenvalue weighted by molar-refractivity contribution is 6.05. The molecule has 0 radical (unpaired) electrons. The number of nitrogens with zero attached hydrogens (tertiary/aromatic N) is 4. The predicted molar refractivity (Wildman–Crippen MR) is 108 cm³/mol. The van der Waals surface area contributed by atoms with Gasteiger partial charge in [-0.05, 0) is 37.1 Å². The Labute approximate surface area is 156 Å². The summed E-state index contributed by atoms with van der Waals surface area (Å²) in [5, 5.41) is 10.9. The molecule has 8 nitrogen and oxygen atoms in total. The maximum Gasteiger partial charge on any atom is 0.270 e. The first kappa shape index (κ1) is 18.1. The van der Waals surface area contributed by atoms with Crippen LogP contribution >= 0.6 is 0 Å². The van der Waals surface area contributed by atoms with Gasteiger partial charge in [0.05, 0.1) is 4.92 Å². The number of benzene rings is 2. The standard InChI is InChI=1S/C19H20N6O2/c1-19(2)23-17(20)22-18(21)24(19)15-7-3-5-13(11-15)9-10-14-6-4-8-16(12-14)25(26)27/h3-12H,1-2H3,(H4,20,21,22,23)/b10-9-. The molecule has 0 aromatic heterocycles. The van der Waals surface area contributed by atoms with E-state index in [9.17, 15) is 10.1 Å². The molecule has 4 N–H and O–H groups in total. The third-order valence-electron chi connectivity index (χ3n) is 4.07. The number of rotatable bonds is 4. The summed E-state index contributed by atoms with van der Waals surface area (Å²) in [6.07, 6.45) is 3.70. The fraction of sp³-hybridized carbons (Fsp3) is 0.158. The lowest BCUT2D eigenvalue weighted by atomic mass is 10.1. The third-order valence-corrected chi connectivity index (χ3v) is 4.07. The monoisotopic (exact) mass is 364 g/mol. The molecule has 27 heavy (non-hydrogen) atoms. The van der Waals surface area contributed by atoms with E-state index in [4.69, 9.17) is 11.5 Å². The van der Waals surface area contributed by atoms with Gasteiger partial charge in [0.25, 0.3) is 5.69 Å². The number of nitro benzene ring substituents is 1. The Hall–Kier alpha value is -3.68. The Bertz CT molecular complexity index is 978. The van der Waals surface area contributed by atoms with E-state index in [2.05, 4.69) is 9.98 Å². The van der Waals surface area contributed by atoms with Crippen molar-refractivity contribution in [1.82, 2.24) is 0 Å². The zero-order chi connectivity index (χ0) is 19.6. The summed E-state index contributed by atoms with van der Waals surface area (Å²) in [6.45, 7) is 3.79. The lowest BCUT2D eigenvalue weighted by Gasteiger charge is -2.38. The van der Waals surface area contributed by atoms with Gasteiger partial charge in [0.1, 0.15) is 5.66 Å². The highest BCUT2D eigenvalue weighted by Gasteiger charge is 2.32. The summed E-state index contributed by atoms with van der Waals surface area (Å²) in [5.74, 6) is 0.419. The summed E-state index contributed by atoms with van der Waals surface area (Å²) in [4.78, 5) is 20.7. The second-order valence-corrected chi connectivity index (χ2v) is 6.55. The second kappa shape index (κ2) is 6.91. The highest BCUT2D eigenvalue weighted by atomic mass is 16.6. The van der Waals surface area contributed by atoms with E-state index in [1.54, 1.807) is 11.0 Å². The van der Waals surface area contributed by atoms with Crippen molar-refractivity contribution in [2.45, 2.75) is 19.5 Å². The second-order valence-electron chi connectivity index (χ2n) is 6.55. The van der Waals surface area contributed by atoms with Gasteiger partial charge in [0.2, 0.25) is 11.9 Å². The number of non-ortho nitro benzene ring substituents is 1. The third kappa shape index (κ3) is 3.95. The first-order valence-corrected chi connectivity index (χ1v) is 8.28. The molecule has 2 aromatic carbocycles. The molecule has 1 aliphatic rings. The van der Waals surface area contributed by atoms with Crippen LogP contribution in [0.15, 0.2) is 58.5 Å². The number of aliphatic imine (C=N–C) groups is 2. The first-order valence-electron chi connectivity index (χ1n) is 8.28. The van der Waals surface area contributed by atoms with Crippen molar-refractivity contribution in [2.75, 3.05) is 4.90 Å². The molecule has 1 heterocycles. The maximum atomic E-state index is 10.9. The van der Waals surface area contributed by atoms with Crippen molar-refractivity contribution in [3.8, 4) is 0 Å². The van der Waals surface area contributed by atoms with Crippen LogP contribution in [0.25, 0.3) is 12.2 Å². The van der Waals surface area contributed by atoms with Gasteiger partial charge in [0.15, 0.2) is 0 Å². The number of anilines is 1. The number of guanidine groups is 2. The van der Waals surface area contributed by atoms with Crippen LogP contribution < -0.4 is 16.4 Å². The minimum Gasteiger partial charge on any atom is -0.369 e. The Morgan fingerprint density at radius 2 is 1.70 bits per heavy atom. The number of nitrogens with two attached hydrogens (primary N) is 2. The summed E-state index contributed by atoms with van der Waals surface area (Å²) < 4.78 is 0. The zero-order valence-electron chi connectivity index (χ0n) is 15.0. The summed E-state index contributed by atoms with van der Waals surface area (Å²) in [5.41, 5.74) is 13.6. The van der Waals surface area contributed by atoms with E-state index < -0.39 is 10.6 Å². The minimum absolute atomic E-state index is 0.0559. The molecule has 0 amide bonds. The molecule has 8 heteroatoms. The van der Waals surface area contributed by atoms with Gasteiger partial charge in [-0.1, -0.05) is 36.4 Å². The number of hydrogen-bond acceptors (Lipinski definition) is 7. The minimum atomic E-state index is -0.668. The largest absolute Gasteiger partial charge is 0.369 e. The van der Waals surface area contributed by atoms with Crippen molar-refractivity contribution >= 4 is 35.4 Å². The predicted octanol–water partition coefficient (Wildman–Crippen LogP) is 2.95. The van der Waals surface area contributed by atoms with Crippen molar-refractivity contribution in [3.63, 3.8) is 0 Å². The quantitative estimate of drug-likeness (QED) is 0.490. The van der Waals surface area contributed by atoms with Crippen LogP contribution in [-0.4, -0.2) is 22.5 Å². The van der Waals surface area contributed by atoms with Crippen molar-refractivity contribution in [3.05, 3.63) is 69.8 Å². The molecule has 1 aliphatic heterocycles. The first-order chi connectivity index (χ1) is 12.8. The van der Waals surface area contributed by atoms with E-state index in [1.807, 2.05) is 56.3 Å². The van der Waals surface area contributed by atoms with Crippen LogP contribution in [0.2, 0.25) is 0 Å². The molecule has 0 aliphatic carbocycles. The van der Waals surface area contributed by atoms with Gasteiger partial charge < -0.3 is 11.5 Å². The molecule has 138 valence electrons. The van der Waals surface area contributed by atoms with Gasteiger partial charge >= 0.3 is 0 Å².